The fraction of sp³-hybridized carbons (Fsp3) is 0.909. The van der Waals surface area contributed by atoms with Gasteiger partial charge in [0, 0.05) is 19.6 Å². The molecule has 1 aliphatic heterocycles. The molecule has 3 heteroatoms. The van der Waals surface area contributed by atoms with E-state index in [1.165, 1.54) is 25.7 Å². The normalized spacial score (nSPS) is 32.9. The van der Waals surface area contributed by atoms with E-state index in [1.807, 2.05) is 0 Å². The fourth-order valence-electron chi connectivity index (χ4n) is 2.98. The lowest BCUT2D eigenvalue weighted by molar-refractivity contribution is -0.137. The number of carboxylic acid groups (broad SMARTS) is 1. The first-order valence-corrected chi connectivity index (χ1v) is 5.68. The molecule has 1 N–H and O–H groups in total. The molecular formula is C11H19NO2. The number of fused-ring (bicyclic) bond motifs is 2. The highest BCUT2D eigenvalue weighted by atomic mass is 16.4. The van der Waals surface area contributed by atoms with Crippen LogP contribution in [0.4, 0.5) is 0 Å². The Balaban J connectivity index is 1.80. The summed E-state index contributed by atoms with van der Waals surface area (Å²) in [6, 6.07) is 0. The molecule has 0 radical (unpaired) electrons. The molecule has 2 atom stereocenters. The molecule has 2 fully saturated rings. The number of carboxylic acids is 1. The second kappa shape index (κ2) is 4.30. The number of carbonyl (C=O) groups is 1. The molecule has 80 valence electrons. The Morgan fingerprint density at radius 1 is 1.29 bits per heavy atom. The quantitative estimate of drug-likeness (QED) is 0.746. The summed E-state index contributed by atoms with van der Waals surface area (Å²) >= 11 is 0. The fourth-order valence-corrected chi connectivity index (χ4v) is 2.98. The molecule has 0 aromatic carbocycles. The predicted octanol–water partition coefficient (Wildman–Crippen LogP) is 1.58. The van der Waals surface area contributed by atoms with Gasteiger partial charge in [0.25, 0.3) is 0 Å². The summed E-state index contributed by atoms with van der Waals surface area (Å²) in [4.78, 5) is 12.8. The lowest BCUT2D eigenvalue weighted by Gasteiger charge is -2.41. The Morgan fingerprint density at radius 3 is 2.50 bits per heavy atom. The monoisotopic (exact) mass is 197 g/mol. The van der Waals surface area contributed by atoms with E-state index < -0.39 is 5.97 Å². The summed E-state index contributed by atoms with van der Waals surface area (Å²) in [6.45, 7) is 3.04. The molecule has 0 unspecified atom stereocenters. The molecule has 1 saturated heterocycles. The van der Waals surface area contributed by atoms with Crippen molar-refractivity contribution < 1.29 is 9.90 Å². The highest BCUT2D eigenvalue weighted by molar-refractivity contribution is 5.66. The van der Waals surface area contributed by atoms with Crippen molar-refractivity contribution in [2.75, 3.05) is 19.6 Å². The number of piperidine rings is 1. The zero-order valence-electron chi connectivity index (χ0n) is 8.61. The van der Waals surface area contributed by atoms with Crippen LogP contribution < -0.4 is 0 Å². The topological polar surface area (TPSA) is 40.5 Å². The van der Waals surface area contributed by atoms with E-state index in [9.17, 15) is 4.79 Å². The summed E-state index contributed by atoms with van der Waals surface area (Å²) in [5.74, 6) is 1.05. The zero-order chi connectivity index (χ0) is 9.97. The number of hydrogen-bond donors (Lipinski definition) is 1. The first-order valence-electron chi connectivity index (χ1n) is 5.68. The van der Waals surface area contributed by atoms with Crippen LogP contribution in [0, 0.1) is 11.8 Å². The van der Waals surface area contributed by atoms with E-state index in [4.69, 9.17) is 5.11 Å². The summed E-state index contributed by atoms with van der Waals surface area (Å²) in [6.07, 6.45) is 5.81. The highest BCUT2D eigenvalue weighted by Gasteiger charge is 2.30. The van der Waals surface area contributed by atoms with Gasteiger partial charge in [-0.15, -0.1) is 0 Å². The van der Waals surface area contributed by atoms with E-state index in [2.05, 4.69) is 4.90 Å². The average Bonchev–Trinajstić information content (AvgIpc) is 2.14. The Morgan fingerprint density at radius 2 is 1.93 bits per heavy atom. The van der Waals surface area contributed by atoms with Crippen molar-refractivity contribution in [3.05, 3.63) is 0 Å². The van der Waals surface area contributed by atoms with Crippen molar-refractivity contribution in [2.45, 2.75) is 32.1 Å². The number of likely N-dealkylation sites (tertiary alicyclic amines) is 1. The predicted molar refractivity (Wildman–Crippen MR) is 54.1 cm³/mol. The maximum atomic E-state index is 10.5. The number of nitrogens with zero attached hydrogens (tertiary/aromatic N) is 1. The van der Waals surface area contributed by atoms with E-state index >= 15 is 0 Å². The molecule has 2 aliphatic rings. The molecule has 14 heavy (non-hydrogen) atoms. The second-order valence-electron chi connectivity index (χ2n) is 4.80. The molecule has 2 bridgehead atoms. The van der Waals surface area contributed by atoms with Crippen LogP contribution in [0.5, 0.6) is 0 Å². The van der Waals surface area contributed by atoms with Crippen molar-refractivity contribution in [3.8, 4) is 0 Å². The standard InChI is InChI=1S/C11H19NO2/c13-11(14)4-5-12-7-9-2-1-3-10(6-9)8-12/h9-10H,1-8H2,(H,13,14)/t9-,10+. The summed E-state index contributed by atoms with van der Waals surface area (Å²) < 4.78 is 0. The molecule has 3 nitrogen and oxygen atoms in total. The Hall–Kier alpha value is -0.570. The SMILES string of the molecule is O=C(O)CCN1C[C@@H]2CCC[C@@H](C2)C1. The smallest absolute Gasteiger partial charge is 0.304 e. The van der Waals surface area contributed by atoms with Crippen LogP contribution in [0.25, 0.3) is 0 Å². The van der Waals surface area contributed by atoms with Gasteiger partial charge in [0.05, 0.1) is 6.42 Å². The average molecular weight is 197 g/mol. The van der Waals surface area contributed by atoms with Crippen LogP contribution in [-0.4, -0.2) is 35.6 Å². The van der Waals surface area contributed by atoms with Gasteiger partial charge in [0.2, 0.25) is 0 Å². The number of aliphatic carboxylic acids is 1. The van der Waals surface area contributed by atoms with Crippen LogP contribution in [-0.2, 0) is 4.79 Å². The van der Waals surface area contributed by atoms with Gasteiger partial charge in [-0.25, -0.2) is 0 Å². The molecule has 0 amide bonds. The van der Waals surface area contributed by atoms with Gasteiger partial charge in [0.15, 0.2) is 0 Å². The Kier molecular flexibility index (Phi) is 3.06. The molecular weight excluding hydrogens is 178 g/mol. The minimum absolute atomic E-state index is 0.305. The molecule has 1 aliphatic carbocycles. The maximum absolute atomic E-state index is 10.5. The van der Waals surface area contributed by atoms with Gasteiger partial charge in [-0.05, 0) is 31.1 Å². The largest absolute Gasteiger partial charge is 0.481 e. The van der Waals surface area contributed by atoms with Gasteiger partial charge in [-0.2, -0.15) is 0 Å². The summed E-state index contributed by atoms with van der Waals surface area (Å²) in [7, 11) is 0. The minimum Gasteiger partial charge on any atom is -0.481 e. The van der Waals surface area contributed by atoms with Gasteiger partial charge in [-0.1, -0.05) is 6.42 Å². The van der Waals surface area contributed by atoms with Crippen molar-refractivity contribution >= 4 is 5.97 Å². The van der Waals surface area contributed by atoms with Crippen LogP contribution in [0.1, 0.15) is 32.1 Å². The molecule has 1 saturated carbocycles. The van der Waals surface area contributed by atoms with E-state index in [1.54, 1.807) is 0 Å². The van der Waals surface area contributed by atoms with E-state index in [0.717, 1.165) is 31.5 Å². The Bertz CT molecular complexity index is 205. The third-order valence-electron chi connectivity index (χ3n) is 3.57. The van der Waals surface area contributed by atoms with Gasteiger partial charge >= 0.3 is 5.97 Å². The van der Waals surface area contributed by atoms with E-state index in [-0.39, 0.29) is 0 Å². The summed E-state index contributed by atoms with van der Waals surface area (Å²) in [5, 5.41) is 8.62. The van der Waals surface area contributed by atoms with Crippen LogP contribution >= 0.6 is 0 Å². The van der Waals surface area contributed by atoms with Gasteiger partial charge < -0.3 is 10.0 Å². The Labute approximate surface area is 85.1 Å². The maximum Gasteiger partial charge on any atom is 0.304 e. The molecule has 0 spiro atoms. The number of hydrogen-bond acceptors (Lipinski definition) is 2. The first kappa shape index (κ1) is 9.97. The van der Waals surface area contributed by atoms with Crippen molar-refractivity contribution in [3.63, 3.8) is 0 Å². The molecule has 0 aromatic heterocycles. The molecule has 1 heterocycles. The van der Waals surface area contributed by atoms with Gasteiger partial charge in [-0.3, -0.25) is 4.79 Å². The van der Waals surface area contributed by atoms with Crippen molar-refractivity contribution in [1.82, 2.24) is 4.90 Å². The van der Waals surface area contributed by atoms with Gasteiger partial charge in [0.1, 0.15) is 0 Å². The van der Waals surface area contributed by atoms with Crippen LogP contribution in [0.15, 0.2) is 0 Å². The van der Waals surface area contributed by atoms with Crippen LogP contribution in [0.2, 0.25) is 0 Å². The molecule has 2 rings (SSSR count). The molecule has 0 aromatic rings. The van der Waals surface area contributed by atoms with Crippen molar-refractivity contribution in [2.24, 2.45) is 11.8 Å². The number of rotatable bonds is 3. The highest BCUT2D eigenvalue weighted by Crippen LogP contribution is 2.34. The second-order valence-corrected chi connectivity index (χ2v) is 4.80. The van der Waals surface area contributed by atoms with E-state index in [0.29, 0.717) is 6.42 Å². The zero-order valence-corrected chi connectivity index (χ0v) is 8.61. The third kappa shape index (κ3) is 2.47. The third-order valence-corrected chi connectivity index (χ3v) is 3.57. The lowest BCUT2D eigenvalue weighted by atomic mass is 9.78. The van der Waals surface area contributed by atoms with Crippen molar-refractivity contribution in [1.29, 1.82) is 0 Å². The van der Waals surface area contributed by atoms with Crippen LogP contribution in [0.3, 0.4) is 0 Å². The summed E-state index contributed by atoms with van der Waals surface area (Å²) in [5.41, 5.74) is 0. The first-order chi connectivity index (χ1) is 6.74. The lowest BCUT2D eigenvalue weighted by Crippen LogP contribution is -2.43. The minimum atomic E-state index is -0.666.